The van der Waals surface area contributed by atoms with Crippen LogP contribution in [0.15, 0.2) is 41.4 Å². The minimum absolute atomic E-state index is 0.0306. The van der Waals surface area contributed by atoms with Crippen molar-refractivity contribution in [2.75, 3.05) is 14.2 Å². The summed E-state index contributed by atoms with van der Waals surface area (Å²) in [5.41, 5.74) is 1.16. The van der Waals surface area contributed by atoms with Crippen LogP contribution in [-0.4, -0.2) is 25.8 Å². The minimum Gasteiger partial charge on any atom is -0.346 e. The molecule has 0 aliphatic heterocycles. The zero-order valence-electron chi connectivity index (χ0n) is 11.5. The lowest BCUT2D eigenvalue weighted by atomic mass is 9.62. The Labute approximate surface area is 123 Å². The van der Waals surface area contributed by atoms with Gasteiger partial charge in [-0.25, -0.2) is 0 Å². The van der Waals surface area contributed by atoms with Gasteiger partial charge in [-0.2, -0.15) is 0 Å². The van der Waals surface area contributed by atoms with E-state index in [1.807, 2.05) is 24.3 Å². The summed E-state index contributed by atoms with van der Waals surface area (Å²) < 4.78 is 10.9. The van der Waals surface area contributed by atoms with Crippen molar-refractivity contribution in [3.8, 4) is 0 Å². The Morgan fingerprint density at radius 1 is 1.20 bits per heavy atom. The number of fused-ring (bicyclic) bond motifs is 2. The van der Waals surface area contributed by atoms with Gasteiger partial charge in [0.15, 0.2) is 5.78 Å². The molecule has 0 spiro atoms. The Balaban J connectivity index is 2.03. The number of Topliss-reactive ketones (excluding diaryl/α,β-unsaturated/α-hetero) is 1. The summed E-state index contributed by atoms with van der Waals surface area (Å²) >= 11 is 6.32. The Hall–Kier alpha value is -1.16. The number of rotatable bonds is 3. The Bertz CT molecular complexity index is 548. The Kier molecular flexibility index (Phi) is 3.44. The molecular formula is C16H17ClO3. The molecule has 4 heteroatoms. The summed E-state index contributed by atoms with van der Waals surface area (Å²) in [4.78, 5) is 12.7. The van der Waals surface area contributed by atoms with Crippen molar-refractivity contribution in [2.24, 2.45) is 11.8 Å². The lowest BCUT2D eigenvalue weighted by Gasteiger charge is -2.49. The van der Waals surface area contributed by atoms with Gasteiger partial charge in [-0.1, -0.05) is 48.0 Å². The third-order valence-electron chi connectivity index (χ3n) is 4.53. The molecule has 0 aromatic heterocycles. The van der Waals surface area contributed by atoms with Gasteiger partial charge in [-0.05, 0) is 17.9 Å². The molecule has 106 valence electrons. The van der Waals surface area contributed by atoms with Gasteiger partial charge >= 0.3 is 0 Å². The molecule has 0 radical (unpaired) electrons. The minimum atomic E-state index is -1.22. The predicted molar refractivity (Wildman–Crippen MR) is 76.5 cm³/mol. The van der Waals surface area contributed by atoms with Crippen molar-refractivity contribution >= 4 is 17.4 Å². The molecule has 1 aromatic carbocycles. The maximum absolute atomic E-state index is 12.7. The van der Waals surface area contributed by atoms with Gasteiger partial charge in [-0.3, -0.25) is 4.79 Å². The molecule has 0 saturated heterocycles. The zero-order valence-corrected chi connectivity index (χ0v) is 12.3. The third-order valence-corrected chi connectivity index (χ3v) is 4.92. The molecule has 1 aromatic rings. The van der Waals surface area contributed by atoms with E-state index in [2.05, 4.69) is 12.1 Å². The smallest absolute Gasteiger partial charge is 0.237 e. The quantitative estimate of drug-likeness (QED) is 0.803. The number of hydrogen-bond donors (Lipinski definition) is 0. The first-order valence-corrected chi connectivity index (χ1v) is 7.08. The van der Waals surface area contributed by atoms with Crippen LogP contribution in [-0.2, 0) is 14.3 Å². The molecule has 3 nitrogen and oxygen atoms in total. The number of methoxy groups -OCH3 is 2. The van der Waals surface area contributed by atoms with E-state index in [1.165, 1.54) is 14.2 Å². The second kappa shape index (κ2) is 4.99. The number of ether oxygens (including phenoxy) is 2. The first kappa shape index (κ1) is 13.8. The molecule has 4 rings (SSSR count). The maximum atomic E-state index is 12.7. The van der Waals surface area contributed by atoms with E-state index in [1.54, 1.807) is 0 Å². The lowest BCUT2D eigenvalue weighted by Crippen LogP contribution is -2.59. The van der Waals surface area contributed by atoms with Gasteiger partial charge in [0.05, 0.1) is 5.92 Å². The first-order valence-electron chi connectivity index (χ1n) is 6.71. The SMILES string of the molecule is COC1(OC)C(=O)[C@H]2C=C(Cl)[C@@H]1C[C@@H]2c1ccccc1. The number of allylic oxidation sites excluding steroid dienone is 1. The van der Waals surface area contributed by atoms with E-state index in [0.717, 1.165) is 12.0 Å². The van der Waals surface area contributed by atoms with E-state index in [4.69, 9.17) is 21.1 Å². The van der Waals surface area contributed by atoms with Crippen LogP contribution >= 0.6 is 11.6 Å². The van der Waals surface area contributed by atoms with Gasteiger partial charge in [0.2, 0.25) is 5.79 Å². The summed E-state index contributed by atoms with van der Waals surface area (Å²) in [5, 5.41) is 0.672. The van der Waals surface area contributed by atoms with Crippen molar-refractivity contribution in [3.05, 3.63) is 47.0 Å². The van der Waals surface area contributed by atoms with Crippen LogP contribution in [0.5, 0.6) is 0 Å². The molecule has 0 amide bonds. The zero-order chi connectivity index (χ0) is 14.3. The second-order valence-electron chi connectivity index (χ2n) is 5.32. The Morgan fingerprint density at radius 2 is 1.85 bits per heavy atom. The highest BCUT2D eigenvalue weighted by atomic mass is 35.5. The van der Waals surface area contributed by atoms with Crippen molar-refractivity contribution in [1.82, 2.24) is 0 Å². The number of halogens is 1. The maximum Gasteiger partial charge on any atom is 0.237 e. The largest absolute Gasteiger partial charge is 0.346 e. The first-order chi connectivity index (χ1) is 9.64. The van der Waals surface area contributed by atoms with E-state index < -0.39 is 5.79 Å². The topological polar surface area (TPSA) is 35.5 Å². The van der Waals surface area contributed by atoms with Gasteiger partial charge in [0.25, 0.3) is 0 Å². The summed E-state index contributed by atoms with van der Waals surface area (Å²) in [5.74, 6) is -1.62. The Morgan fingerprint density at radius 3 is 2.45 bits per heavy atom. The summed E-state index contributed by atoms with van der Waals surface area (Å²) in [6.45, 7) is 0. The highest BCUT2D eigenvalue weighted by Gasteiger charge is 2.59. The van der Waals surface area contributed by atoms with Crippen LogP contribution in [0, 0.1) is 11.8 Å². The molecule has 3 atom stereocenters. The molecule has 0 unspecified atom stereocenters. The molecule has 2 bridgehead atoms. The van der Waals surface area contributed by atoms with Gasteiger partial charge in [-0.15, -0.1) is 0 Å². The molecule has 0 heterocycles. The highest BCUT2D eigenvalue weighted by molar-refractivity contribution is 6.31. The van der Waals surface area contributed by atoms with Gasteiger partial charge in [0.1, 0.15) is 0 Å². The van der Waals surface area contributed by atoms with E-state index in [-0.39, 0.29) is 23.5 Å². The number of hydrogen-bond acceptors (Lipinski definition) is 3. The summed E-state index contributed by atoms with van der Waals surface area (Å²) in [7, 11) is 3.01. The average Bonchev–Trinajstić information content (AvgIpc) is 2.50. The van der Waals surface area contributed by atoms with Crippen molar-refractivity contribution < 1.29 is 14.3 Å². The molecular weight excluding hydrogens is 276 g/mol. The van der Waals surface area contributed by atoms with E-state index in [9.17, 15) is 4.79 Å². The van der Waals surface area contributed by atoms with E-state index in [0.29, 0.717) is 5.03 Å². The van der Waals surface area contributed by atoms with Crippen LogP contribution in [0.3, 0.4) is 0 Å². The highest BCUT2D eigenvalue weighted by Crippen LogP contribution is 2.53. The molecule has 0 N–H and O–H groups in total. The normalized spacial score (nSPS) is 31.2. The molecule has 1 fully saturated rings. The number of ketones is 1. The monoisotopic (exact) mass is 292 g/mol. The number of benzene rings is 1. The van der Waals surface area contributed by atoms with Crippen molar-refractivity contribution in [3.63, 3.8) is 0 Å². The summed E-state index contributed by atoms with van der Waals surface area (Å²) in [6.07, 6.45) is 2.63. The van der Waals surface area contributed by atoms with Crippen LogP contribution in [0.1, 0.15) is 17.9 Å². The van der Waals surface area contributed by atoms with Gasteiger partial charge < -0.3 is 9.47 Å². The molecule has 20 heavy (non-hydrogen) atoms. The fraction of sp³-hybridized carbons (Fsp3) is 0.438. The van der Waals surface area contributed by atoms with Crippen LogP contribution in [0.2, 0.25) is 0 Å². The van der Waals surface area contributed by atoms with Crippen LogP contribution in [0.4, 0.5) is 0 Å². The fourth-order valence-electron chi connectivity index (χ4n) is 3.53. The van der Waals surface area contributed by atoms with Crippen molar-refractivity contribution in [1.29, 1.82) is 0 Å². The summed E-state index contributed by atoms with van der Waals surface area (Å²) in [6, 6.07) is 10.1. The number of carbonyl (C=O) groups excluding carboxylic acids is 1. The van der Waals surface area contributed by atoms with Gasteiger partial charge in [0, 0.05) is 25.2 Å². The molecule has 3 aliphatic carbocycles. The molecule has 3 aliphatic rings. The average molecular weight is 293 g/mol. The third kappa shape index (κ3) is 1.77. The van der Waals surface area contributed by atoms with E-state index >= 15 is 0 Å². The fourth-order valence-corrected chi connectivity index (χ4v) is 3.90. The van der Waals surface area contributed by atoms with Crippen molar-refractivity contribution in [2.45, 2.75) is 18.1 Å². The van der Waals surface area contributed by atoms with Crippen LogP contribution < -0.4 is 0 Å². The molecule has 1 saturated carbocycles. The standard InChI is InChI=1S/C16H17ClO3/c1-19-16(20-2)13-8-11(10-6-4-3-5-7-10)12(15(16)18)9-14(13)17/h3-7,9,11-13H,8H2,1-2H3/t11-,12+,13+/m1/s1. The predicted octanol–water partition coefficient (Wildman–Crippen LogP) is 3.10. The van der Waals surface area contributed by atoms with Crippen LogP contribution in [0.25, 0.3) is 0 Å². The second-order valence-corrected chi connectivity index (χ2v) is 5.76. The lowest BCUT2D eigenvalue weighted by molar-refractivity contribution is -0.238. The number of carbonyl (C=O) groups is 1.